The maximum atomic E-state index is 12.3. The molecule has 0 radical (unpaired) electrons. The number of thioether (sulfide) groups is 1. The van der Waals surface area contributed by atoms with Crippen LogP contribution in [0.3, 0.4) is 0 Å². The fourth-order valence-electron chi connectivity index (χ4n) is 2.55. The topological polar surface area (TPSA) is 75.3 Å². The minimum Gasteiger partial charge on any atom is -0.351 e. The van der Waals surface area contributed by atoms with E-state index in [4.69, 9.17) is 0 Å². The number of amides is 3. The summed E-state index contributed by atoms with van der Waals surface area (Å²) in [6.07, 6.45) is 1.63. The Hall–Kier alpha value is -2.86. The Morgan fingerprint density at radius 1 is 1.12 bits per heavy atom. The van der Waals surface area contributed by atoms with Crippen molar-refractivity contribution in [2.24, 2.45) is 0 Å². The van der Waals surface area contributed by atoms with Crippen LogP contribution in [0.1, 0.15) is 34.3 Å². The van der Waals surface area contributed by atoms with Crippen LogP contribution in [0.15, 0.2) is 59.5 Å². The highest BCUT2D eigenvalue weighted by Crippen LogP contribution is 2.25. The zero-order chi connectivity index (χ0) is 18.5. The zero-order valence-electron chi connectivity index (χ0n) is 14.2. The van der Waals surface area contributed by atoms with E-state index in [1.54, 1.807) is 30.3 Å². The van der Waals surface area contributed by atoms with Crippen molar-refractivity contribution in [1.29, 1.82) is 0 Å². The van der Waals surface area contributed by atoms with E-state index < -0.39 is 5.91 Å². The Balaban J connectivity index is 1.60. The molecule has 26 heavy (non-hydrogen) atoms. The molecule has 1 aliphatic heterocycles. The van der Waals surface area contributed by atoms with Crippen LogP contribution in [-0.4, -0.2) is 23.6 Å². The highest BCUT2D eigenvalue weighted by Gasteiger charge is 2.24. The van der Waals surface area contributed by atoms with Gasteiger partial charge in [-0.1, -0.05) is 49.4 Å². The third-order valence-electron chi connectivity index (χ3n) is 4.05. The molecule has 2 aromatic carbocycles. The van der Waals surface area contributed by atoms with Crippen molar-refractivity contribution in [2.45, 2.75) is 12.8 Å². The van der Waals surface area contributed by atoms with Crippen LogP contribution in [0.2, 0.25) is 0 Å². The summed E-state index contributed by atoms with van der Waals surface area (Å²) in [4.78, 5) is 35.4. The third kappa shape index (κ3) is 4.40. The quantitative estimate of drug-likeness (QED) is 0.794. The van der Waals surface area contributed by atoms with Crippen LogP contribution in [0.4, 0.5) is 4.79 Å². The van der Waals surface area contributed by atoms with Crippen molar-refractivity contribution in [3.63, 3.8) is 0 Å². The number of carbonyl (C=O) groups excluding carboxylic acids is 3. The lowest BCUT2D eigenvalue weighted by atomic mass is 10.0. The molecule has 1 saturated heterocycles. The summed E-state index contributed by atoms with van der Waals surface area (Å²) < 4.78 is 0. The minimum atomic E-state index is -0.392. The highest BCUT2D eigenvalue weighted by atomic mass is 32.2. The molecule has 2 aromatic rings. The van der Waals surface area contributed by atoms with E-state index in [-0.39, 0.29) is 17.1 Å². The first-order valence-corrected chi connectivity index (χ1v) is 9.02. The molecule has 3 rings (SSSR count). The fraction of sp³-hybridized carbons (Fsp3) is 0.150. The molecule has 3 amide bonds. The monoisotopic (exact) mass is 366 g/mol. The van der Waals surface area contributed by atoms with Crippen molar-refractivity contribution in [3.8, 4) is 0 Å². The summed E-state index contributed by atoms with van der Waals surface area (Å²) >= 11 is 0.870. The summed E-state index contributed by atoms with van der Waals surface area (Å²) in [5.74, 6) is -0.313. The average molecular weight is 366 g/mol. The first kappa shape index (κ1) is 17.9. The molecule has 6 heteroatoms. The molecule has 0 aromatic heterocycles. The molecule has 5 nitrogen and oxygen atoms in total. The van der Waals surface area contributed by atoms with Gasteiger partial charge in [0.25, 0.3) is 17.1 Å². The summed E-state index contributed by atoms with van der Waals surface area (Å²) in [5, 5.41) is 4.78. The summed E-state index contributed by atoms with van der Waals surface area (Å²) in [6, 6.07) is 16.9. The lowest BCUT2D eigenvalue weighted by Crippen LogP contribution is -2.27. The van der Waals surface area contributed by atoms with E-state index >= 15 is 0 Å². The number of hydrogen-bond donors (Lipinski definition) is 2. The lowest BCUT2D eigenvalue weighted by Gasteiger charge is -2.13. The van der Waals surface area contributed by atoms with Crippen molar-refractivity contribution >= 4 is 34.9 Å². The van der Waals surface area contributed by atoms with Crippen LogP contribution in [-0.2, 0) is 4.79 Å². The molecule has 0 spiro atoms. The SMILES string of the molecule is CC(CNC(=O)c1ccc(/C=C2/SC(=O)NC2=O)cc1)c1ccccc1. The van der Waals surface area contributed by atoms with Gasteiger partial charge in [0.1, 0.15) is 0 Å². The minimum absolute atomic E-state index is 0.143. The van der Waals surface area contributed by atoms with Gasteiger partial charge in [-0.25, -0.2) is 0 Å². The number of nitrogens with one attached hydrogen (secondary N) is 2. The fourth-order valence-corrected chi connectivity index (χ4v) is 3.23. The molecule has 0 bridgehead atoms. The number of imide groups is 1. The Bertz CT molecular complexity index is 860. The van der Waals surface area contributed by atoms with E-state index in [0.717, 1.165) is 17.3 Å². The number of carbonyl (C=O) groups is 3. The molecule has 0 saturated carbocycles. The molecule has 1 atom stereocenters. The summed E-state index contributed by atoms with van der Waals surface area (Å²) in [7, 11) is 0. The summed E-state index contributed by atoms with van der Waals surface area (Å²) in [5.41, 5.74) is 2.48. The Morgan fingerprint density at radius 2 is 1.81 bits per heavy atom. The molecule has 1 aliphatic rings. The van der Waals surface area contributed by atoms with E-state index in [1.807, 2.05) is 30.3 Å². The maximum Gasteiger partial charge on any atom is 0.290 e. The Kier molecular flexibility index (Phi) is 5.53. The van der Waals surface area contributed by atoms with Crippen LogP contribution < -0.4 is 10.6 Å². The maximum absolute atomic E-state index is 12.3. The van der Waals surface area contributed by atoms with Gasteiger partial charge in [0.15, 0.2) is 0 Å². The molecule has 2 N–H and O–H groups in total. The van der Waals surface area contributed by atoms with Gasteiger partial charge in [0.2, 0.25) is 0 Å². The second-order valence-corrected chi connectivity index (χ2v) is 7.01. The highest BCUT2D eigenvalue weighted by molar-refractivity contribution is 8.18. The molecule has 1 unspecified atom stereocenters. The Morgan fingerprint density at radius 3 is 2.42 bits per heavy atom. The van der Waals surface area contributed by atoms with Gasteiger partial charge in [-0.05, 0) is 47.0 Å². The van der Waals surface area contributed by atoms with Crippen molar-refractivity contribution < 1.29 is 14.4 Å². The van der Waals surface area contributed by atoms with Gasteiger partial charge in [0.05, 0.1) is 4.91 Å². The van der Waals surface area contributed by atoms with Gasteiger partial charge in [-0.3, -0.25) is 19.7 Å². The zero-order valence-corrected chi connectivity index (χ0v) is 15.0. The molecular formula is C20H18N2O3S. The van der Waals surface area contributed by atoms with Crippen molar-refractivity contribution in [1.82, 2.24) is 10.6 Å². The van der Waals surface area contributed by atoms with Gasteiger partial charge in [-0.15, -0.1) is 0 Å². The van der Waals surface area contributed by atoms with E-state index in [9.17, 15) is 14.4 Å². The second kappa shape index (κ2) is 8.01. The number of hydrogen-bond acceptors (Lipinski definition) is 4. The van der Waals surface area contributed by atoms with Crippen molar-refractivity contribution in [2.75, 3.05) is 6.54 Å². The molecule has 0 aliphatic carbocycles. The van der Waals surface area contributed by atoms with Gasteiger partial charge in [-0.2, -0.15) is 0 Å². The molecule has 1 fully saturated rings. The van der Waals surface area contributed by atoms with E-state index in [1.165, 1.54) is 5.56 Å². The normalized spacial score (nSPS) is 16.4. The van der Waals surface area contributed by atoms with Gasteiger partial charge in [0, 0.05) is 12.1 Å². The van der Waals surface area contributed by atoms with Crippen molar-refractivity contribution in [3.05, 3.63) is 76.2 Å². The lowest BCUT2D eigenvalue weighted by molar-refractivity contribution is -0.115. The predicted octanol–water partition coefficient (Wildman–Crippen LogP) is 3.54. The van der Waals surface area contributed by atoms with Crippen LogP contribution in [0, 0.1) is 0 Å². The summed E-state index contributed by atoms with van der Waals surface area (Å²) in [6.45, 7) is 2.62. The average Bonchev–Trinajstić information content (AvgIpc) is 2.97. The predicted molar refractivity (Wildman–Crippen MR) is 103 cm³/mol. The van der Waals surface area contributed by atoms with Gasteiger partial charge >= 0.3 is 0 Å². The van der Waals surface area contributed by atoms with E-state index in [0.29, 0.717) is 17.0 Å². The molecular weight excluding hydrogens is 348 g/mol. The van der Waals surface area contributed by atoms with Crippen LogP contribution in [0.5, 0.6) is 0 Å². The number of benzene rings is 2. The molecule has 132 valence electrons. The number of rotatable bonds is 5. The first-order valence-electron chi connectivity index (χ1n) is 8.21. The largest absolute Gasteiger partial charge is 0.351 e. The van der Waals surface area contributed by atoms with Gasteiger partial charge < -0.3 is 5.32 Å². The van der Waals surface area contributed by atoms with E-state index in [2.05, 4.69) is 17.6 Å². The Labute approximate surface area is 155 Å². The standard InChI is InChI=1S/C20H18N2O3S/c1-13(15-5-3-2-4-6-15)12-21-18(23)16-9-7-14(8-10-16)11-17-19(24)22-20(25)26-17/h2-11,13H,12H2,1H3,(H,21,23)(H,22,24,25)/b17-11+. The van der Waals surface area contributed by atoms with Crippen LogP contribution in [0.25, 0.3) is 6.08 Å². The molecule has 1 heterocycles. The second-order valence-electron chi connectivity index (χ2n) is 6.00. The first-order chi connectivity index (χ1) is 12.5. The smallest absolute Gasteiger partial charge is 0.290 e. The van der Waals surface area contributed by atoms with Crippen LogP contribution >= 0.6 is 11.8 Å². The third-order valence-corrected chi connectivity index (χ3v) is 4.86.